The first-order valence-corrected chi connectivity index (χ1v) is 2.42. The second kappa shape index (κ2) is 3.31. The van der Waals surface area contributed by atoms with Crippen molar-refractivity contribution in [2.24, 2.45) is 5.84 Å². The predicted octanol–water partition coefficient (Wildman–Crippen LogP) is -0.992. The van der Waals surface area contributed by atoms with Gasteiger partial charge in [-0.05, 0) is 12.8 Å². The lowest BCUT2D eigenvalue weighted by molar-refractivity contribution is -0.142. The summed E-state index contributed by atoms with van der Waals surface area (Å²) in [5.74, 6) is 2.81. The molecule has 0 aromatic heterocycles. The molecule has 0 atom stereocenters. The summed E-state index contributed by atoms with van der Waals surface area (Å²) in [6.07, 6.45) is -0.625. The first kappa shape index (κ1) is 8.25. The van der Waals surface area contributed by atoms with E-state index in [9.17, 15) is 9.59 Å². The molecule has 0 rings (SSSR count). The van der Waals surface area contributed by atoms with Crippen molar-refractivity contribution in [2.75, 3.05) is 0 Å². The van der Waals surface area contributed by atoms with E-state index >= 15 is 0 Å². The van der Waals surface area contributed by atoms with Crippen molar-refractivity contribution < 1.29 is 14.7 Å². The van der Waals surface area contributed by atoms with Gasteiger partial charge in [0.2, 0.25) is 0 Å². The van der Waals surface area contributed by atoms with Crippen molar-refractivity contribution >= 4 is 24.7 Å². The van der Waals surface area contributed by atoms with Gasteiger partial charge in [0.25, 0.3) is 5.91 Å². The van der Waals surface area contributed by atoms with Crippen LogP contribution in [0.25, 0.3) is 0 Å². The number of hydrazine groups is 1. The SMILES string of the molecule is NN(S)C(=O)CC(=O)O. The minimum Gasteiger partial charge on any atom is -0.481 e. The fourth-order valence-electron chi connectivity index (χ4n) is 0.210. The number of hydrogen-bond donors (Lipinski definition) is 3. The molecule has 0 fully saturated rings. The number of rotatable bonds is 2. The summed E-state index contributed by atoms with van der Waals surface area (Å²) in [4.78, 5) is 20.1. The zero-order chi connectivity index (χ0) is 7.44. The fourth-order valence-corrected chi connectivity index (χ4v) is 0.281. The van der Waals surface area contributed by atoms with Crippen LogP contribution in [0.4, 0.5) is 0 Å². The molecule has 0 aliphatic carbocycles. The number of aliphatic carboxylic acids is 1. The third kappa shape index (κ3) is 3.80. The average molecular weight is 150 g/mol. The minimum atomic E-state index is -1.22. The van der Waals surface area contributed by atoms with Gasteiger partial charge in [-0.25, -0.2) is 10.3 Å². The van der Waals surface area contributed by atoms with Crippen molar-refractivity contribution in [2.45, 2.75) is 6.42 Å². The number of carboxylic acids is 1. The van der Waals surface area contributed by atoms with E-state index in [0.29, 0.717) is 4.41 Å². The average Bonchev–Trinajstić information content (AvgIpc) is 1.63. The van der Waals surface area contributed by atoms with Gasteiger partial charge in [0.15, 0.2) is 0 Å². The summed E-state index contributed by atoms with van der Waals surface area (Å²) in [5, 5.41) is 8.00. The topological polar surface area (TPSA) is 83.6 Å². The number of nitrogens with zero attached hydrogens (tertiary/aromatic N) is 1. The second-order valence-electron chi connectivity index (χ2n) is 1.31. The first-order chi connectivity index (χ1) is 4.04. The molecule has 0 heterocycles. The number of carbonyl (C=O) groups excluding carboxylic acids is 1. The maximum atomic E-state index is 10.3. The van der Waals surface area contributed by atoms with Gasteiger partial charge in [0.1, 0.15) is 6.42 Å². The van der Waals surface area contributed by atoms with Crippen LogP contribution in [0, 0.1) is 0 Å². The Labute approximate surface area is 56.9 Å². The van der Waals surface area contributed by atoms with Gasteiger partial charge in [-0.3, -0.25) is 9.59 Å². The highest BCUT2D eigenvalue weighted by Gasteiger charge is 2.09. The Hall–Kier alpha value is -0.750. The number of nitrogens with two attached hydrogens (primary N) is 1. The summed E-state index contributed by atoms with van der Waals surface area (Å²) in [6, 6.07) is 0. The summed E-state index contributed by atoms with van der Waals surface area (Å²) in [6.45, 7) is 0. The zero-order valence-corrected chi connectivity index (χ0v) is 5.34. The van der Waals surface area contributed by atoms with Crippen LogP contribution >= 0.6 is 12.8 Å². The number of thiol groups is 1. The Morgan fingerprint density at radius 3 is 2.22 bits per heavy atom. The lowest BCUT2D eigenvalue weighted by Crippen LogP contribution is -2.29. The molecule has 0 saturated heterocycles. The molecule has 0 aliphatic heterocycles. The van der Waals surface area contributed by atoms with Gasteiger partial charge in [-0.2, -0.15) is 0 Å². The number of hydrogen-bond acceptors (Lipinski definition) is 4. The molecular formula is C3H6N2O3S. The maximum Gasteiger partial charge on any atom is 0.312 e. The Morgan fingerprint density at radius 1 is 1.67 bits per heavy atom. The van der Waals surface area contributed by atoms with Crippen molar-refractivity contribution in [1.82, 2.24) is 4.41 Å². The highest BCUT2D eigenvalue weighted by atomic mass is 32.1. The lowest BCUT2D eigenvalue weighted by Gasteiger charge is -2.03. The van der Waals surface area contributed by atoms with Gasteiger partial charge in [0, 0.05) is 0 Å². The van der Waals surface area contributed by atoms with Gasteiger partial charge >= 0.3 is 5.97 Å². The molecule has 0 spiro atoms. The largest absolute Gasteiger partial charge is 0.481 e. The van der Waals surface area contributed by atoms with Crippen LogP contribution in [0.1, 0.15) is 6.42 Å². The van der Waals surface area contributed by atoms with Crippen LogP contribution in [-0.4, -0.2) is 21.4 Å². The molecular weight excluding hydrogens is 144 g/mol. The third-order valence-electron chi connectivity index (χ3n) is 0.558. The van der Waals surface area contributed by atoms with E-state index in [1.165, 1.54) is 0 Å². The van der Waals surface area contributed by atoms with Crippen LogP contribution in [0.2, 0.25) is 0 Å². The molecule has 0 saturated carbocycles. The van der Waals surface area contributed by atoms with E-state index in [4.69, 9.17) is 10.9 Å². The predicted molar refractivity (Wildman–Crippen MR) is 32.3 cm³/mol. The van der Waals surface area contributed by atoms with Crippen LogP contribution in [0.5, 0.6) is 0 Å². The van der Waals surface area contributed by atoms with E-state index < -0.39 is 18.3 Å². The lowest BCUT2D eigenvalue weighted by atomic mass is 10.4. The first-order valence-electron chi connectivity index (χ1n) is 2.02. The van der Waals surface area contributed by atoms with Crippen LogP contribution < -0.4 is 5.84 Å². The number of carboxylic acid groups (broad SMARTS) is 1. The molecule has 0 aliphatic rings. The zero-order valence-electron chi connectivity index (χ0n) is 4.44. The van der Waals surface area contributed by atoms with Crippen LogP contribution in [0.3, 0.4) is 0 Å². The monoisotopic (exact) mass is 150 g/mol. The van der Waals surface area contributed by atoms with Crippen LogP contribution in [-0.2, 0) is 9.59 Å². The molecule has 3 N–H and O–H groups in total. The standard InChI is InChI=1S/C3H6N2O3S/c4-5(9)2(6)1-3(7)8/h9H,1,4H2,(H,7,8). The second-order valence-corrected chi connectivity index (χ2v) is 1.74. The molecule has 0 aromatic rings. The highest BCUT2D eigenvalue weighted by Crippen LogP contribution is 1.88. The van der Waals surface area contributed by atoms with E-state index in [1.54, 1.807) is 0 Å². The van der Waals surface area contributed by atoms with E-state index in [1.807, 2.05) is 0 Å². The summed E-state index contributed by atoms with van der Waals surface area (Å²) in [5.41, 5.74) is 0. The molecule has 9 heavy (non-hydrogen) atoms. The highest BCUT2D eigenvalue weighted by molar-refractivity contribution is 7.78. The molecule has 6 heteroatoms. The quantitative estimate of drug-likeness (QED) is 0.155. The number of carbonyl (C=O) groups is 2. The maximum absolute atomic E-state index is 10.3. The van der Waals surface area contributed by atoms with Gasteiger partial charge in [-0.15, -0.1) is 0 Å². The summed E-state index contributed by atoms with van der Waals surface area (Å²) < 4.78 is 0.439. The van der Waals surface area contributed by atoms with E-state index in [0.717, 1.165) is 0 Å². The molecule has 52 valence electrons. The normalized spacial score (nSPS) is 8.67. The fraction of sp³-hybridized carbons (Fsp3) is 0.333. The van der Waals surface area contributed by atoms with E-state index in [-0.39, 0.29) is 0 Å². The van der Waals surface area contributed by atoms with Crippen molar-refractivity contribution in [3.63, 3.8) is 0 Å². The molecule has 0 unspecified atom stereocenters. The van der Waals surface area contributed by atoms with Crippen LogP contribution in [0.15, 0.2) is 0 Å². The Bertz CT molecular complexity index is 135. The molecule has 1 amide bonds. The van der Waals surface area contributed by atoms with Gasteiger partial charge < -0.3 is 5.11 Å². The van der Waals surface area contributed by atoms with Gasteiger partial charge in [-0.1, -0.05) is 0 Å². The smallest absolute Gasteiger partial charge is 0.312 e. The number of amides is 1. The Kier molecular flexibility index (Phi) is 3.03. The van der Waals surface area contributed by atoms with Gasteiger partial charge in [0.05, 0.1) is 0 Å². The summed E-state index contributed by atoms with van der Waals surface area (Å²) >= 11 is 3.37. The molecule has 0 radical (unpaired) electrons. The van der Waals surface area contributed by atoms with Crippen molar-refractivity contribution in [3.05, 3.63) is 0 Å². The molecule has 0 bridgehead atoms. The Balaban J connectivity index is 3.64. The van der Waals surface area contributed by atoms with Crippen molar-refractivity contribution in [1.29, 1.82) is 0 Å². The van der Waals surface area contributed by atoms with E-state index in [2.05, 4.69) is 12.8 Å². The summed E-state index contributed by atoms with van der Waals surface area (Å²) in [7, 11) is 0. The molecule has 5 nitrogen and oxygen atoms in total. The molecule has 0 aromatic carbocycles. The third-order valence-corrected chi connectivity index (χ3v) is 0.781. The minimum absolute atomic E-state index is 0.439. The van der Waals surface area contributed by atoms with Crippen molar-refractivity contribution in [3.8, 4) is 0 Å². The Morgan fingerprint density at radius 2 is 2.11 bits per heavy atom.